The van der Waals surface area contributed by atoms with Crippen LogP contribution in [0, 0.1) is 5.92 Å². The Labute approximate surface area is 120 Å². The van der Waals surface area contributed by atoms with Gasteiger partial charge in [-0.1, -0.05) is 6.07 Å². The van der Waals surface area contributed by atoms with E-state index in [9.17, 15) is 0 Å². The van der Waals surface area contributed by atoms with Gasteiger partial charge in [0.15, 0.2) is 11.5 Å². The lowest BCUT2D eigenvalue weighted by Gasteiger charge is -2.45. The molecule has 2 bridgehead atoms. The van der Waals surface area contributed by atoms with Gasteiger partial charge in [-0.15, -0.1) is 12.4 Å². The Kier molecular flexibility index (Phi) is 3.59. The smallest absolute Gasteiger partial charge is 0.231 e. The van der Waals surface area contributed by atoms with E-state index in [1.165, 1.54) is 37.9 Å². The van der Waals surface area contributed by atoms with Gasteiger partial charge in [0, 0.05) is 6.04 Å². The van der Waals surface area contributed by atoms with Gasteiger partial charge < -0.3 is 14.4 Å². The molecule has 3 saturated heterocycles. The van der Waals surface area contributed by atoms with E-state index < -0.39 is 0 Å². The van der Waals surface area contributed by atoms with Crippen molar-refractivity contribution in [2.45, 2.75) is 31.7 Å². The zero-order chi connectivity index (χ0) is 11.9. The highest BCUT2D eigenvalue weighted by atomic mass is 35.5. The number of rotatable bonds is 2. The van der Waals surface area contributed by atoms with Gasteiger partial charge in [0.25, 0.3) is 0 Å². The Morgan fingerprint density at radius 2 is 1.89 bits per heavy atom. The summed E-state index contributed by atoms with van der Waals surface area (Å²) < 4.78 is 10.8. The number of fused-ring (bicyclic) bond motifs is 4. The highest BCUT2D eigenvalue weighted by molar-refractivity contribution is 5.85. The zero-order valence-electron chi connectivity index (χ0n) is 11.0. The summed E-state index contributed by atoms with van der Waals surface area (Å²) in [6.45, 7) is 2.98. The maximum Gasteiger partial charge on any atom is 0.231 e. The second-order valence-electron chi connectivity index (χ2n) is 5.76. The van der Waals surface area contributed by atoms with Crippen molar-refractivity contribution in [2.24, 2.45) is 5.92 Å². The van der Waals surface area contributed by atoms with Gasteiger partial charge in [0.1, 0.15) is 0 Å². The minimum atomic E-state index is 0. The molecule has 4 aliphatic heterocycles. The summed E-state index contributed by atoms with van der Waals surface area (Å²) in [4.78, 5) is 2.67. The molecule has 0 N–H and O–H groups in total. The van der Waals surface area contributed by atoms with Crippen molar-refractivity contribution in [3.63, 3.8) is 0 Å². The molecule has 4 heteroatoms. The predicted molar refractivity (Wildman–Crippen MR) is 76.2 cm³/mol. The molecule has 0 spiro atoms. The van der Waals surface area contributed by atoms with Crippen LogP contribution in [0.15, 0.2) is 18.2 Å². The first-order chi connectivity index (χ1) is 8.88. The number of hydrogen-bond donors (Lipinski definition) is 0. The van der Waals surface area contributed by atoms with Crippen LogP contribution in [0.2, 0.25) is 0 Å². The summed E-state index contributed by atoms with van der Waals surface area (Å²) in [6.07, 6.45) is 5.37. The maximum atomic E-state index is 5.45. The van der Waals surface area contributed by atoms with Crippen molar-refractivity contribution in [3.8, 4) is 11.5 Å². The SMILES string of the molecule is Cl.c1cc2c(cc1CC1CC3CCN1CC3)OCO2. The molecule has 0 radical (unpaired) electrons. The molecule has 0 saturated carbocycles. The first kappa shape index (κ1) is 13.1. The highest BCUT2D eigenvalue weighted by Gasteiger charge is 2.33. The second-order valence-corrected chi connectivity index (χ2v) is 5.76. The predicted octanol–water partition coefficient (Wildman–Crippen LogP) is 2.86. The quantitative estimate of drug-likeness (QED) is 0.832. The van der Waals surface area contributed by atoms with Gasteiger partial charge in [-0.05, 0) is 62.4 Å². The van der Waals surface area contributed by atoms with Gasteiger partial charge in [0.05, 0.1) is 0 Å². The molecule has 5 rings (SSSR count). The number of hydrogen-bond acceptors (Lipinski definition) is 3. The molecule has 4 aliphatic rings. The van der Waals surface area contributed by atoms with E-state index in [4.69, 9.17) is 9.47 Å². The van der Waals surface area contributed by atoms with Crippen LogP contribution in [-0.2, 0) is 6.42 Å². The average Bonchev–Trinajstić information content (AvgIpc) is 2.87. The van der Waals surface area contributed by atoms with Gasteiger partial charge in [-0.3, -0.25) is 0 Å². The molecular weight excluding hydrogens is 262 g/mol. The molecule has 1 atom stereocenters. The lowest BCUT2D eigenvalue weighted by atomic mass is 9.81. The summed E-state index contributed by atoms with van der Waals surface area (Å²) in [5.74, 6) is 2.79. The molecule has 0 aromatic heterocycles. The summed E-state index contributed by atoms with van der Waals surface area (Å²) >= 11 is 0. The molecule has 1 aromatic rings. The molecule has 19 heavy (non-hydrogen) atoms. The van der Waals surface area contributed by atoms with Crippen LogP contribution in [0.5, 0.6) is 11.5 Å². The Bertz CT molecular complexity index is 457. The molecule has 0 amide bonds. The van der Waals surface area contributed by atoms with E-state index in [1.54, 1.807) is 0 Å². The first-order valence-electron chi connectivity index (χ1n) is 7.01. The fraction of sp³-hybridized carbons (Fsp3) is 0.600. The van der Waals surface area contributed by atoms with Crippen LogP contribution >= 0.6 is 12.4 Å². The molecule has 4 heterocycles. The third-order valence-electron chi connectivity index (χ3n) is 4.68. The second kappa shape index (κ2) is 5.22. The van der Waals surface area contributed by atoms with E-state index >= 15 is 0 Å². The molecule has 0 aliphatic carbocycles. The molecule has 104 valence electrons. The topological polar surface area (TPSA) is 21.7 Å². The van der Waals surface area contributed by atoms with Crippen molar-refractivity contribution in [3.05, 3.63) is 23.8 Å². The number of ether oxygens (including phenoxy) is 2. The molecule has 3 fully saturated rings. The Morgan fingerprint density at radius 3 is 2.63 bits per heavy atom. The van der Waals surface area contributed by atoms with E-state index in [0.29, 0.717) is 6.79 Å². The highest BCUT2D eigenvalue weighted by Crippen LogP contribution is 2.36. The summed E-state index contributed by atoms with van der Waals surface area (Å²) in [6, 6.07) is 7.15. The van der Waals surface area contributed by atoms with Crippen LogP contribution in [0.3, 0.4) is 0 Å². The molecule has 3 nitrogen and oxygen atoms in total. The average molecular weight is 282 g/mol. The van der Waals surface area contributed by atoms with E-state index in [0.717, 1.165) is 29.9 Å². The normalized spacial score (nSPS) is 31.1. The van der Waals surface area contributed by atoms with Gasteiger partial charge in [-0.2, -0.15) is 0 Å². The van der Waals surface area contributed by atoms with Gasteiger partial charge in [0.2, 0.25) is 6.79 Å². The third-order valence-corrected chi connectivity index (χ3v) is 4.68. The summed E-state index contributed by atoms with van der Waals surface area (Å²) in [5.41, 5.74) is 1.39. The molecule has 1 unspecified atom stereocenters. The number of nitrogens with zero attached hydrogens (tertiary/aromatic N) is 1. The molecule has 1 aromatic carbocycles. The number of halogens is 1. The van der Waals surface area contributed by atoms with Crippen molar-refractivity contribution in [2.75, 3.05) is 19.9 Å². The van der Waals surface area contributed by atoms with Gasteiger partial charge in [-0.25, -0.2) is 0 Å². The standard InChI is InChI=1S/C15H19NO2.ClH/c1-2-14-15(18-10-17-14)9-12(1)8-13-7-11-3-5-16(13)6-4-11;/h1-2,9,11,13H,3-8,10H2;1H. The lowest BCUT2D eigenvalue weighted by Crippen LogP contribution is -2.49. The van der Waals surface area contributed by atoms with E-state index in [2.05, 4.69) is 17.0 Å². The van der Waals surface area contributed by atoms with E-state index in [1.807, 2.05) is 6.07 Å². The van der Waals surface area contributed by atoms with Crippen molar-refractivity contribution in [1.82, 2.24) is 4.90 Å². The summed E-state index contributed by atoms with van der Waals surface area (Å²) in [7, 11) is 0. The Hall–Kier alpha value is -0.930. The molecular formula is C15H20ClNO2. The Balaban J connectivity index is 0.00000110. The van der Waals surface area contributed by atoms with Crippen LogP contribution < -0.4 is 9.47 Å². The minimum absolute atomic E-state index is 0. The van der Waals surface area contributed by atoms with Gasteiger partial charge >= 0.3 is 0 Å². The number of piperidine rings is 3. The minimum Gasteiger partial charge on any atom is -0.454 e. The van der Waals surface area contributed by atoms with Crippen molar-refractivity contribution >= 4 is 12.4 Å². The van der Waals surface area contributed by atoms with Crippen molar-refractivity contribution in [1.29, 1.82) is 0 Å². The van der Waals surface area contributed by atoms with E-state index in [-0.39, 0.29) is 12.4 Å². The first-order valence-corrected chi connectivity index (χ1v) is 7.01. The monoisotopic (exact) mass is 281 g/mol. The van der Waals surface area contributed by atoms with Crippen LogP contribution in [0.1, 0.15) is 24.8 Å². The summed E-state index contributed by atoms with van der Waals surface area (Å²) in [5, 5.41) is 0. The van der Waals surface area contributed by atoms with Crippen LogP contribution in [0.4, 0.5) is 0 Å². The fourth-order valence-corrected chi connectivity index (χ4v) is 3.64. The fourth-order valence-electron chi connectivity index (χ4n) is 3.64. The third kappa shape index (κ3) is 2.41. The largest absolute Gasteiger partial charge is 0.454 e. The number of benzene rings is 1. The Morgan fingerprint density at radius 1 is 1.11 bits per heavy atom. The zero-order valence-corrected chi connectivity index (χ0v) is 11.8. The van der Waals surface area contributed by atoms with Crippen molar-refractivity contribution < 1.29 is 9.47 Å². The van der Waals surface area contributed by atoms with Crippen LogP contribution in [0.25, 0.3) is 0 Å². The lowest BCUT2D eigenvalue weighted by molar-refractivity contribution is 0.0498. The van der Waals surface area contributed by atoms with Crippen LogP contribution in [-0.4, -0.2) is 30.8 Å². The maximum absolute atomic E-state index is 5.45.